The summed E-state index contributed by atoms with van der Waals surface area (Å²) in [6, 6.07) is 36.8. The monoisotopic (exact) mass is 2020 g/mol. The number of sulfonamides is 4. The molecule has 139 heavy (non-hydrogen) atoms. The number of halogens is 1. The zero-order valence-corrected chi connectivity index (χ0v) is 84.3. The molecule has 0 atom stereocenters. The molecule has 0 heterocycles. The van der Waals surface area contributed by atoms with Crippen molar-refractivity contribution >= 4 is 134 Å². The predicted octanol–water partition coefficient (Wildman–Crippen LogP) is 16.7. The largest absolute Gasteiger partial charge is 0.507 e. The SMILES string of the molecule is CN(CC(=O)N(CC1CCCCC1)c1ccc(C(=O)O)c(O)c1)S(=O)(=O)c1ccc(Cl)cc1.Cc1cc(C)c(S(=O)(=O)N(C)CC(=O)N(CC2CCCCC2)c2ccc(C(=O)O)c(O)c2)c(C)c1.Cc1ccc(S(=O)(=O)N(CC(=O)N(CC2CCCCC2)c2ccc(C(=O)O)c(O)c2)C(=O)OC(C)(C)C)cc1.Cc1ccc(S(=O)(=O)N(CC(=O)Nc2ccc(C(=O)O)c(C)c2)C(=O)OC(C)(C)C)cc1. The number of phenols is 3. The molecule has 3 aliphatic carbocycles. The fourth-order valence-electron chi connectivity index (χ4n) is 16.1. The van der Waals surface area contributed by atoms with Gasteiger partial charge in [0.1, 0.15) is 58.2 Å². The van der Waals surface area contributed by atoms with Crippen molar-refractivity contribution in [3.63, 3.8) is 0 Å². The van der Waals surface area contributed by atoms with Crippen molar-refractivity contribution < 1.29 is 127 Å². The van der Waals surface area contributed by atoms with Gasteiger partial charge in [0.15, 0.2) is 0 Å². The highest BCUT2D eigenvalue weighted by molar-refractivity contribution is 7.90. The molecule has 3 saturated carbocycles. The van der Waals surface area contributed by atoms with Crippen LogP contribution in [-0.4, -0.2) is 217 Å². The molecule has 35 nitrogen and oxygen atoms in total. The molecular weight excluding hydrogens is 1900 g/mol. The van der Waals surface area contributed by atoms with Crippen LogP contribution in [0.3, 0.4) is 0 Å². The molecule has 0 spiro atoms. The topological polar surface area (TPSA) is 502 Å². The maximum atomic E-state index is 13.8. The third kappa shape index (κ3) is 31.2. The van der Waals surface area contributed by atoms with Gasteiger partial charge in [-0.2, -0.15) is 17.2 Å². The van der Waals surface area contributed by atoms with Gasteiger partial charge in [0.25, 0.3) is 20.0 Å². The smallest absolute Gasteiger partial charge is 0.424 e. The summed E-state index contributed by atoms with van der Waals surface area (Å²) in [5, 5.41) is 70.4. The van der Waals surface area contributed by atoms with Crippen LogP contribution in [0.1, 0.15) is 213 Å². The lowest BCUT2D eigenvalue weighted by atomic mass is 9.89. The van der Waals surface area contributed by atoms with E-state index in [-0.39, 0.29) is 84.1 Å². The van der Waals surface area contributed by atoms with Crippen molar-refractivity contribution in [2.45, 2.75) is 210 Å². The Bertz CT molecular complexity index is 6270. The van der Waals surface area contributed by atoms with Gasteiger partial charge in [-0.1, -0.05) is 122 Å². The minimum absolute atomic E-state index is 0.0180. The van der Waals surface area contributed by atoms with E-state index in [9.17, 15) is 112 Å². The first-order chi connectivity index (χ1) is 64.9. The molecule has 11 rings (SSSR count). The molecule has 0 aromatic heterocycles. The molecule has 3 fully saturated rings. The van der Waals surface area contributed by atoms with Gasteiger partial charge in [-0.3, -0.25) is 19.2 Å². The number of anilines is 4. The summed E-state index contributed by atoms with van der Waals surface area (Å²) in [5.74, 6) is -8.23. The van der Waals surface area contributed by atoms with Crippen molar-refractivity contribution in [3.05, 3.63) is 218 Å². The lowest BCUT2D eigenvalue weighted by Crippen LogP contribution is -2.48. The van der Waals surface area contributed by atoms with Crippen molar-refractivity contribution in [1.29, 1.82) is 0 Å². The number of aromatic carboxylic acids is 4. The Morgan fingerprint density at radius 3 is 0.978 bits per heavy atom. The number of aromatic hydroxyl groups is 3. The van der Waals surface area contributed by atoms with Gasteiger partial charge in [-0.15, -0.1) is 0 Å². The van der Waals surface area contributed by atoms with E-state index in [4.69, 9.17) is 26.2 Å². The first-order valence-electron chi connectivity index (χ1n) is 45.0. The number of rotatable bonds is 30. The van der Waals surface area contributed by atoms with Crippen molar-refractivity contribution in [3.8, 4) is 17.2 Å². The number of amides is 6. The maximum absolute atomic E-state index is 13.8. The quantitative estimate of drug-likeness (QED) is 0.0207. The summed E-state index contributed by atoms with van der Waals surface area (Å²) in [6.07, 6.45) is 12.7. The summed E-state index contributed by atoms with van der Waals surface area (Å²) < 4.78 is 119. The molecule has 8 aromatic rings. The number of aryl methyl sites for hydroxylation is 6. The third-order valence-corrected chi connectivity index (χ3v) is 30.8. The van der Waals surface area contributed by atoms with Crippen LogP contribution < -0.4 is 20.0 Å². The number of benzene rings is 8. The molecule has 3 aliphatic rings. The molecule has 0 saturated heterocycles. The summed E-state index contributed by atoms with van der Waals surface area (Å²) in [6.45, 7) is 18.5. The van der Waals surface area contributed by atoms with E-state index in [1.54, 1.807) is 113 Å². The summed E-state index contributed by atoms with van der Waals surface area (Å²) in [4.78, 5) is 128. The molecule has 0 bridgehead atoms. The molecule has 0 radical (unpaired) electrons. The molecule has 8 N–H and O–H groups in total. The van der Waals surface area contributed by atoms with E-state index in [1.165, 1.54) is 144 Å². The average molecular weight is 2020 g/mol. The first kappa shape index (κ1) is 112. The summed E-state index contributed by atoms with van der Waals surface area (Å²) in [5.41, 5.74) is 2.57. The number of hydrogen-bond donors (Lipinski definition) is 8. The number of nitrogens with one attached hydrogen (secondary N) is 1. The highest BCUT2D eigenvalue weighted by atomic mass is 35.5. The number of carbonyl (C=O) groups excluding carboxylic acids is 6. The van der Waals surface area contributed by atoms with Crippen LogP contribution in [0.2, 0.25) is 5.02 Å². The van der Waals surface area contributed by atoms with Gasteiger partial charge < -0.3 is 65.2 Å². The lowest BCUT2D eigenvalue weighted by molar-refractivity contribution is -0.119. The van der Waals surface area contributed by atoms with Gasteiger partial charge in [-0.25, -0.2) is 62.4 Å². The van der Waals surface area contributed by atoms with Crippen LogP contribution in [0.4, 0.5) is 32.3 Å². The second kappa shape index (κ2) is 48.4. The van der Waals surface area contributed by atoms with E-state index >= 15 is 0 Å². The predicted molar refractivity (Wildman–Crippen MR) is 523 cm³/mol. The van der Waals surface area contributed by atoms with Gasteiger partial charge in [0, 0.05) is 79.7 Å². The number of hydrogen-bond acceptors (Lipinski definition) is 23. The Morgan fingerprint density at radius 2 is 0.662 bits per heavy atom. The average Bonchev–Trinajstić information content (AvgIpc) is 0.791. The Balaban J connectivity index is 0.000000228. The fraction of sp³-hybridized carbons (Fsp3) is 0.414. The minimum atomic E-state index is -4.48. The van der Waals surface area contributed by atoms with E-state index < -0.39 is 148 Å². The Hall–Kier alpha value is -12.5. The van der Waals surface area contributed by atoms with Crippen LogP contribution >= 0.6 is 11.6 Å². The Morgan fingerprint density at radius 1 is 0.360 bits per heavy atom. The van der Waals surface area contributed by atoms with Crippen LogP contribution in [0.25, 0.3) is 0 Å². The second-order valence-corrected chi connectivity index (χ2v) is 44.9. The van der Waals surface area contributed by atoms with Crippen LogP contribution in [0.15, 0.2) is 177 Å². The van der Waals surface area contributed by atoms with E-state index in [2.05, 4.69) is 5.32 Å². The summed E-state index contributed by atoms with van der Waals surface area (Å²) >= 11 is 5.84. The van der Waals surface area contributed by atoms with Crippen LogP contribution in [0, 0.1) is 59.3 Å². The normalized spacial score (nSPS) is 14.0. The number of carboxylic acids is 4. The Kier molecular flexibility index (Phi) is 38.9. The highest BCUT2D eigenvalue weighted by Gasteiger charge is 2.40. The number of carbonyl (C=O) groups is 10. The Labute approximate surface area is 816 Å². The molecule has 0 unspecified atom stereocenters. The zero-order valence-electron chi connectivity index (χ0n) is 80.2. The van der Waals surface area contributed by atoms with Crippen molar-refractivity contribution in [2.24, 2.45) is 17.8 Å². The minimum Gasteiger partial charge on any atom is -0.507 e. The van der Waals surface area contributed by atoms with E-state index in [0.717, 1.165) is 128 Å². The number of carboxylic acid groups (broad SMARTS) is 4. The van der Waals surface area contributed by atoms with Gasteiger partial charge >= 0.3 is 36.1 Å². The molecule has 0 aliphatic heterocycles. The molecule has 8 aromatic carbocycles. The fourth-order valence-corrected chi connectivity index (χ4v) is 21.4. The maximum Gasteiger partial charge on any atom is 0.424 e. The van der Waals surface area contributed by atoms with Gasteiger partial charge in [-0.05, 0) is 259 Å². The third-order valence-electron chi connectivity index (χ3n) is 23.2. The number of likely N-dealkylation sites (N-methyl/N-ethyl adjacent to an activating group) is 2. The zero-order chi connectivity index (χ0) is 103. The number of nitrogens with zero attached hydrogens (tertiary/aromatic N) is 7. The first-order valence-corrected chi connectivity index (χ1v) is 51.2. The second-order valence-electron chi connectivity index (χ2n) is 36.7. The standard InChI is InChI=1S/C28H36N2O8S.C26H34N2O6S.C23H27ClN2O6S.C22H26N2O7S/c1-19-10-13-22(14-11-19)39(36,37)30(27(35)38-28(2,3)4)18-25(32)29(17-20-8-6-5-7-9-20)21-12-15-23(26(33)34)24(31)16-21;1-17-12-18(2)25(19(3)13-17)35(33,34)27(4)16-24(30)28(15-20-8-6-5-7-9-20)21-10-11-22(26(31)32)23(29)14-21;1-25(33(31,32)19-10-7-17(24)8-11-19)15-22(28)26(14-16-5-3-2-4-6-16)18-9-12-20(23(29)30)21(27)13-18;1-14-6-9-17(10-7-14)32(29,30)24(21(28)31-22(3,4)5)13-19(25)23-16-8-11-18(20(26)27)15(2)12-16/h10-16,20,31H,5-9,17-18H2,1-4H3,(H,33,34);10-14,20,29H,5-9,15-16H2,1-4H3,(H,31,32);7-13,16,27H,2-6,14-15H2,1H3,(H,29,30);6-12H,13H2,1-5H3,(H,23,25)(H,26,27). The van der Waals surface area contributed by atoms with E-state index in [1.807, 2.05) is 6.92 Å². The lowest BCUT2D eigenvalue weighted by Gasteiger charge is -2.32. The number of ether oxygens (including phenoxy) is 2. The van der Waals surface area contributed by atoms with Crippen LogP contribution in [0.5, 0.6) is 17.2 Å². The van der Waals surface area contributed by atoms with Gasteiger partial charge in [0.2, 0.25) is 43.7 Å². The van der Waals surface area contributed by atoms with Gasteiger partial charge in [0.05, 0.1) is 38.2 Å². The van der Waals surface area contributed by atoms with E-state index in [0.29, 0.717) is 54.8 Å². The summed E-state index contributed by atoms with van der Waals surface area (Å²) in [7, 11) is -14.0. The van der Waals surface area contributed by atoms with Crippen molar-refractivity contribution in [1.82, 2.24) is 17.2 Å². The molecule has 6 amide bonds. The van der Waals surface area contributed by atoms with Crippen LogP contribution in [-0.2, 0) is 68.7 Å². The molecule has 40 heteroatoms. The molecule has 752 valence electrons. The molecular formula is C99H123ClN8O27S4. The van der Waals surface area contributed by atoms with Crippen molar-refractivity contribution in [2.75, 3.05) is 79.9 Å². The highest BCUT2D eigenvalue weighted by Crippen LogP contribution is 2.37.